The molecule has 6 rings (SSSR count). The fraction of sp³-hybridized carbons (Fsp3) is 0.385. The average Bonchev–Trinajstić information content (AvgIpc) is 3.61. The molecule has 3 heteroatoms. The van der Waals surface area contributed by atoms with E-state index < -0.39 is 0 Å². The zero-order chi connectivity index (χ0) is 38.9. The topological polar surface area (TPSA) is 30.7 Å². The number of rotatable bonds is 17. The van der Waals surface area contributed by atoms with E-state index in [-0.39, 0.29) is 0 Å². The molecular weight excluding hydrogens is 667 g/mol. The standard InChI is InChI=1S/C52H63N3/c1-9-12-14-16-21-41-24-28-43(29-25-41)46-33-47(44-30-26-42(27-31-44)22-17-15-13-10-2)35-48(34-46)50-37(5)39(7)51(40(8)38(50)6)55-52(53-49(54-55)19-11-3)45-23-18-20-36(4)32-45/h18,20,23-35H,9-17,19,21-22H2,1-8H3. The van der Waals surface area contributed by atoms with Crippen LogP contribution in [0.15, 0.2) is 91.0 Å². The minimum absolute atomic E-state index is 0.856. The van der Waals surface area contributed by atoms with Crippen molar-refractivity contribution >= 4 is 0 Å². The van der Waals surface area contributed by atoms with Gasteiger partial charge in [0.25, 0.3) is 0 Å². The van der Waals surface area contributed by atoms with Crippen LogP contribution in [0, 0.1) is 34.6 Å². The number of aryl methyl sites for hydroxylation is 4. The Bertz CT molecular complexity index is 2080. The molecule has 0 aliphatic carbocycles. The van der Waals surface area contributed by atoms with Crippen molar-refractivity contribution in [3.05, 3.63) is 136 Å². The van der Waals surface area contributed by atoms with Gasteiger partial charge in [-0.2, -0.15) is 5.10 Å². The van der Waals surface area contributed by atoms with Gasteiger partial charge in [0.15, 0.2) is 11.6 Å². The SMILES string of the molecule is CCCCCCc1ccc(-c2cc(-c3ccc(CCCCCC)cc3)cc(-c3c(C)c(C)c(-n4nc(CCC)nc4-c4cccc(C)c4)c(C)c3C)c2)cc1. The maximum Gasteiger partial charge on any atom is 0.163 e. The Kier molecular flexibility index (Phi) is 13.6. The van der Waals surface area contributed by atoms with E-state index in [0.717, 1.165) is 48.6 Å². The van der Waals surface area contributed by atoms with E-state index in [0.29, 0.717) is 0 Å². The molecule has 0 N–H and O–H groups in total. The second-order valence-corrected chi connectivity index (χ2v) is 15.9. The molecule has 0 saturated carbocycles. The van der Waals surface area contributed by atoms with Crippen molar-refractivity contribution in [3.63, 3.8) is 0 Å². The van der Waals surface area contributed by atoms with Gasteiger partial charge in [-0.15, -0.1) is 0 Å². The molecule has 0 radical (unpaired) electrons. The summed E-state index contributed by atoms with van der Waals surface area (Å²) in [5, 5.41) is 5.17. The number of benzene rings is 5. The highest BCUT2D eigenvalue weighted by atomic mass is 15.4. The van der Waals surface area contributed by atoms with Gasteiger partial charge < -0.3 is 0 Å². The summed E-state index contributed by atoms with van der Waals surface area (Å²) in [6, 6.07) is 34.6. The first-order valence-corrected chi connectivity index (χ1v) is 21.2. The number of nitrogens with zero attached hydrogens (tertiary/aromatic N) is 3. The summed E-state index contributed by atoms with van der Waals surface area (Å²) >= 11 is 0. The van der Waals surface area contributed by atoms with Gasteiger partial charge in [0, 0.05) is 12.0 Å². The molecule has 0 unspecified atom stereocenters. The van der Waals surface area contributed by atoms with E-state index in [2.05, 4.69) is 151 Å². The van der Waals surface area contributed by atoms with Crippen LogP contribution in [0.25, 0.3) is 50.5 Å². The smallest absolute Gasteiger partial charge is 0.163 e. The lowest BCUT2D eigenvalue weighted by Gasteiger charge is -2.22. The summed E-state index contributed by atoms with van der Waals surface area (Å²) in [6.07, 6.45) is 14.5. The highest BCUT2D eigenvalue weighted by Crippen LogP contribution is 2.41. The third-order valence-electron chi connectivity index (χ3n) is 11.6. The minimum Gasteiger partial charge on any atom is -0.212 e. The van der Waals surface area contributed by atoms with Crippen LogP contribution >= 0.6 is 0 Å². The van der Waals surface area contributed by atoms with Crippen LogP contribution in [0.2, 0.25) is 0 Å². The maximum atomic E-state index is 5.17. The Morgan fingerprint density at radius 2 is 0.982 bits per heavy atom. The van der Waals surface area contributed by atoms with Crippen LogP contribution in [0.4, 0.5) is 0 Å². The fourth-order valence-corrected chi connectivity index (χ4v) is 8.20. The molecule has 1 heterocycles. The lowest BCUT2D eigenvalue weighted by atomic mass is 9.85. The average molecular weight is 730 g/mol. The van der Waals surface area contributed by atoms with Gasteiger partial charge in [-0.3, -0.25) is 0 Å². The number of aromatic nitrogens is 3. The predicted octanol–water partition coefficient (Wildman–Crippen LogP) is 14.7. The Balaban J connectivity index is 1.45. The molecule has 0 bridgehead atoms. The second-order valence-electron chi connectivity index (χ2n) is 15.9. The van der Waals surface area contributed by atoms with Crippen LogP contribution in [0.3, 0.4) is 0 Å². The Labute approximate surface area is 332 Å². The van der Waals surface area contributed by atoms with E-state index in [1.807, 2.05) is 0 Å². The molecule has 1 aromatic heterocycles. The minimum atomic E-state index is 0.856. The molecule has 3 nitrogen and oxygen atoms in total. The number of hydrogen-bond donors (Lipinski definition) is 0. The first kappa shape index (κ1) is 39.9. The van der Waals surface area contributed by atoms with Gasteiger partial charge in [-0.1, -0.05) is 132 Å². The highest BCUT2D eigenvalue weighted by Gasteiger charge is 2.23. The molecule has 5 aromatic carbocycles. The van der Waals surface area contributed by atoms with Crippen molar-refractivity contribution in [2.24, 2.45) is 0 Å². The summed E-state index contributed by atoms with van der Waals surface area (Å²) in [6.45, 7) is 18.0. The van der Waals surface area contributed by atoms with Gasteiger partial charge in [0.05, 0.1) is 5.69 Å². The van der Waals surface area contributed by atoms with E-state index in [4.69, 9.17) is 10.1 Å². The quantitative estimate of drug-likeness (QED) is 0.0875. The van der Waals surface area contributed by atoms with Crippen molar-refractivity contribution < 1.29 is 0 Å². The number of unbranched alkanes of at least 4 members (excludes halogenated alkanes) is 6. The summed E-state index contributed by atoms with van der Waals surface area (Å²) in [5.41, 5.74) is 19.0. The first-order chi connectivity index (χ1) is 26.7. The van der Waals surface area contributed by atoms with Gasteiger partial charge >= 0.3 is 0 Å². The van der Waals surface area contributed by atoms with E-state index >= 15 is 0 Å². The van der Waals surface area contributed by atoms with Crippen molar-refractivity contribution in [2.75, 3.05) is 0 Å². The van der Waals surface area contributed by atoms with Gasteiger partial charge in [0.2, 0.25) is 0 Å². The maximum absolute atomic E-state index is 5.17. The van der Waals surface area contributed by atoms with Crippen LogP contribution in [0.5, 0.6) is 0 Å². The van der Waals surface area contributed by atoms with E-state index in [1.165, 1.54) is 124 Å². The summed E-state index contributed by atoms with van der Waals surface area (Å²) in [4.78, 5) is 5.11. The van der Waals surface area contributed by atoms with Gasteiger partial charge in [0.1, 0.15) is 0 Å². The Hall–Kier alpha value is -4.76. The largest absolute Gasteiger partial charge is 0.212 e. The van der Waals surface area contributed by atoms with Gasteiger partial charge in [-0.05, 0) is 158 Å². The van der Waals surface area contributed by atoms with Crippen molar-refractivity contribution in [3.8, 4) is 50.5 Å². The highest BCUT2D eigenvalue weighted by molar-refractivity contribution is 5.85. The molecule has 55 heavy (non-hydrogen) atoms. The molecule has 6 aromatic rings. The van der Waals surface area contributed by atoms with Crippen molar-refractivity contribution in [2.45, 2.75) is 132 Å². The van der Waals surface area contributed by atoms with E-state index in [9.17, 15) is 0 Å². The summed E-state index contributed by atoms with van der Waals surface area (Å²) in [7, 11) is 0. The fourth-order valence-electron chi connectivity index (χ4n) is 8.20. The first-order valence-electron chi connectivity index (χ1n) is 21.2. The van der Waals surface area contributed by atoms with Crippen molar-refractivity contribution in [1.29, 1.82) is 0 Å². The lowest BCUT2D eigenvalue weighted by Crippen LogP contribution is -2.09. The molecule has 0 spiro atoms. The number of hydrogen-bond acceptors (Lipinski definition) is 2. The van der Waals surface area contributed by atoms with Crippen LogP contribution in [-0.4, -0.2) is 14.8 Å². The normalized spacial score (nSPS) is 11.4. The third kappa shape index (κ3) is 9.38. The Morgan fingerprint density at radius 3 is 1.47 bits per heavy atom. The van der Waals surface area contributed by atoms with E-state index in [1.54, 1.807) is 0 Å². The lowest BCUT2D eigenvalue weighted by molar-refractivity contribution is 0.667. The zero-order valence-electron chi connectivity index (χ0n) is 35.0. The Morgan fingerprint density at radius 1 is 0.455 bits per heavy atom. The summed E-state index contributed by atoms with van der Waals surface area (Å²) < 4.78 is 2.13. The molecular formula is C52H63N3. The third-order valence-corrected chi connectivity index (χ3v) is 11.6. The summed E-state index contributed by atoms with van der Waals surface area (Å²) in [5.74, 6) is 1.81. The zero-order valence-corrected chi connectivity index (χ0v) is 35.0. The molecule has 0 amide bonds. The van der Waals surface area contributed by atoms with Crippen LogP contribution in [0.1, 0.15) is 123 Å². The molecule has 0 atom stereocenters. The molecule has 286 valence electrons. The van der Waals surface area contributed by atoms with Crippen LogP contribution in [-0.2, 0) is 19.3 Å². The molecule has 0 aliphatic heterocycles. The second kappa shape index (κ2) is 18.7. The van der Waals surface area contributed by atoms with Gasteiger partial charge in [-0.25, -0.2) is 9.67 Å². The molecule has 0 fully saturated rings. The van der Waals surface area contributed by atoms with Crippen molar-refractivity contribution in [1.82, 2.24) is 14.8 Å². The monoisotopic (exact) mass is 730 g/mol. The predicted molar refractivity (Wildman–Crippen MR) is 236 cm³/mol. The molecule has 0 saturated heterocycles. The van der Waals surface area contributed by atoms with Crippen LogP contribution < -0.4 is 0 Å². The molecule has 0 aliphatic rings.